The van der Waals surface area contributed by atoms with Crippen LogP contribution < -0.4 is 4.74 Å². The molecule has 30 heavy (non-hydrogen) atoms. The highest BCUT2D eigenvalue weighted by molar-refractivity contribution is 7.16. The minimum absolute atomic E-state index is 0.0248. The molecule has 0 N–H and O–H groups in total. The summed E-state index contributed by atoms with van der Waals surface area (Å²) in [5.41, 5.74) is 1.78. The van der Waals surface area contributed by atoms with Gasteiger partial charge in [0.25, 0.3) is 5.91 Å². The molecule has 4 rings (SSSR count). The monoisotopic (exact) mass is 425 g/mol. The smallest absolute Gasteiger partial charge is 0.270 e. The first kappa shape index (κ1) is 20.5. The van der Waals surface area contributed by atoms with E-state index in [-0.39, 0.29) is 17.9 Å². The number of aromatic nitrogens is 1. The Balaban J connectivity index is 1.61. The first-order valence-corrected chi connectivity index (χ1v) is 11.2. The van der Waals surface area contributed by atoms with Crippen LogP contribution in [0.25, 0.3) is 10.2 Å². The molecule has 0 saturated carbocycles. The Morgan fingerprint density at radius 2 is 2.03 bits per heavy atom. The third-order valence-corrected chi connectivity index (χ3v) is 6.69. The van der Waals surface area contributed by atoms with Crippen molar-refractivity contribution in [1.82, 2.24) is 14.4 Å². The lowest BCUT2D eigenvalue weighted by Crippen LogP contribution is -2.55. The zero-order valence-corrected chi connectivity index (χ0v) is 18.4. The van der Waals surface area contributed by atoms with Crippen LogP contribution >= 0.6 is 11.3 Å². The number of carbonyl (C=O) groups excluding carboxylic acids is 2. The molecule has 2 aromatic heterocycles. The highest BCUT2D eigenvalue weighted by atomic mass is 32.1. The Morgan fingerprint density at radius 1 is 1.20 bits per heavy atom. The standard InChI is InChI=1S/C23H27N3O3S/c1-4-21(27)25-10-9-24(14-16(25)2)22(28)20-13-18-8-11-30-23(18)26(20)15-17-6-5-7-19(12-17)29-3/h5-8,11-13,16H,4,9-10,14-15H2,1-3H3. The maximum Gasteiger partial charge on any atom is 0.270 e. The van der Waals surface area contributed by atoms with E-state index >= 15 is 0 Å². The molecule has 1 atom stereocenters. The number of carbonyl (C=O) groups is 2. The molecule has 2 amide bonds. The highest BCUT2D eigenvalue weighted by Gasteiger charge is 2.31. The zero-order valence-electron chi connectivity index (χ0n) is 17.6. The summed E-state index contributed by atoms with van der Waals surface area (Å²) < 4.78 is 7.46. The van der Waals surface area contributed by atoms with Crippen LogP contribution in [0.1, 0.15) is 36.3 Å². The second-order valence-electron chi connectivity index (χ2n) is 7.69. The highest BCUT2D eigenvalue weighted by Crippen LogP contribution is 2.28. The van der Waals surface area contributed by atoms with Gasteiger partial charge in [-0.05, 0) is 42.1 Å². The third-order valence-electron chi connectivity index (χ3n) is 5.73. The number of amides is 2. The molecule has 1 aliphatic rings. The minimum Gasteiger partial charge on any atom is -0.497 e. The predicted molar refractivity (Wildman–Crippen MR) is 119 cm³/mol. The van der Waals surface area contributed by atoms with E-state index in [1.54, 1.807) is 18.4 Å². The van der Waals surface area contributed by atoms with Gasteiger partial charge in [0.2, 0.25) is 5.91 Å². The van der Waals surface area contributed by atoms with Crippen molar-refractivity contribution in [3.05, 3.63) is 53.0 Å². The molecule has 7 heteroatoms. The second-order valence-corrected chi connectivity index (χ2v) is 8.58. The first-order valence-electron chi connectivity index (χ1n) is 10.3. The predicted octanol–water partition coefficient (Wildman–Crippen LogP) is 3.84. The molecule has 1 saturated heterocycles. The number of methoxy groups -OCH3 is 1. The van der Waals surface area contributed by atoms with Gasteiger partial charge in [0.15, 0.2) is 0 Å². The number of thiophene rings is 1. The number of benzene rings is 1. The quantitative estimate of drug-likeness (QED) is 0.624. The molecule has 1 aromatic carbocycles. The van der Waals surface area contributed by atoms with Crippen LogP contribution in [0.4, 0.5) is 0 Å². The summed E-state index contributed by atoms with van der Waals surface area (Å²) in [6, 6.07) is 12.0. The van der Waals surface area contributed by atoms with Crippen LogP contribution in [0, 0.1) is 0 Å². The summed E-state index contributed by atoms with van der Waals surface area (Å²) in [6.07, 6.45) is 0.498. The molecule has 6 nitrogen and oxygen atoms in total. The van der Waals surface area contributed by atoms with Crippen LogP contribution in [-0.2, 0) is 11.3 Å². The minimum atomic E-state index is 0.0248. The zero-order chi connectivity index (χ0) is 21.3. The van der Waals surface area contributed by atoms with Gasteiger partial charge < -0.3 is 19.1 Å². The van der Waals surface area contributed by atoms with Crippen molar-refractivity contribution >= 4 is 33.4 Å². The van der Waals surface area contributed by atoms with E-state index in [2.05, 4.69) is 16.0 Å². The summed E-state index contributed by atoms with van der Waals surface area (Å²) in [5, 5.41) is 3.14. The number of rotatable bonds is 5. The van der Waals surface area contributed by atoms with Crippen molar-refractivity contribution in [3.63, 3.8) is 0 Å². The molecule has 3 aromatic rings. The SMILES string of the molecule is CCC(=O)N1CCN(C(=O)c2cc3ccsc3n2Cc2cccc(OC)c2)CC1C. The fourth-order valence-electron chi connectivity index (χ4n) is 4.14. The molecule has 0 aliphatic carbocycles. The lowest BCUT2D eigenvalue weighted by molar-refractivity contribution is -0.134. The van der Waals surface area contributed by atoms with E-state index in [1.165, 1.54) is 0 Å². The molecular formula is C23H27N3O3S. The maximum atomic E-state index is 13.5. The van der Waals surface area contributed by atoms with Gasteiger partial charge in [-0.1, -0.05) is 19.1 Å². The number of piperazine rings is 1. The normalized spacial score (nSPS) is 16.8. The molecule has 1 unspecified atom stereocenters. The van der Waals surface area contributed by atoms with Crippen molar-refractivity contribution in [2.45, 2.75) is 32.9 Å². The van der Waals surface area contributed by atoms with Crippen LogP contribution in [0.2, 0.25) is 0 Å². The Labute approximate surface area is 180 Å². The van der Waals surface area contributed by atoms with E-state index < -0.39 is 0 Å². The topological polar surface area (TPSA) is 54.8 Å². The van der Waals surface area contributed by atoms with Crippen LogP contribution in [-0.4, -0.2) is 59.0 Å². The van der Waals surface area contributed by atoms with Gasteiger partial charge in [0.1, 0.15) is 16.3 Å². The second kappa shape index (κ2) is 8.52. The van der Waals surface area contributed by atoms with E-state index in [0.29, 0.717) is 38.3 Å². The molecule has 158 valence electrons. The summed E-state index contributed by atoms with van der Waals surface area (Å²) in [4.78, 5) is 30.5. The fourth-order valence-corrected chi connectivity index (χ4v) is 5.04. The molecule has 1 aliphatic heterocycles. The number of nitrogens with zero attached hydrogens (tertiary/aromatic N) is 3. The average Bonchev–Trinajstić information content (AvgIpc) is 3.35. The van der Waals surface area contributed by atoms with Crippen LogP contribution in [0.3, 0.4) is 0 Å². The van der Waals surface area contributed by atoms with E-state index in [4.69, 9.17) is 4.74 Å². The van der Waals surface area contributed by atoms with E-state index in [1.807, 2.05) is 54.0 Å². The number of ether oxygens (including phenoxy) is 1. The molecule has 1 fully saturated rings. The van der Waals surface area contributed by atoms with Crippen molar-refractivity contribution in [2.75, 3.05) is 26.7 Å². The van der Waals surface area contributed by atoms with E-state index in [0.717, 1.165) is 21.5 Å². The number of hydrogen-bond donors (Lipinski definition) is 0. The van der Waals surface area contributed by atoms with E-state index in [9.17, 15) is 9.59 Å². The van der Waals surface area contributed by atoms with Crippen LogP contribution in [0.15, 0.2) is 41.8 Å². The van der Waals surface area contributed by atoms with Gasteiger partial charge in [0.05, 0.1) is 7.11 Å². The van der Waals surface area contributed by atoms with Gasteiger partial charge in [-0.15, -0.1) is 11.3 Å². The lowest BCUT2D eigenvalue weighted by Gasteiger charge is -2.40. The van der Waals surface area contributed by atoms with Gasteiger partial charge in [-0.3, -0.25) is 9.59 Å². The van der Waals surface area contributed by atoms with Crippen molar-refractivity contribution in [2.24, 2.45) is 0 Å². The van der Waals surface area contributed by atoms with Gasteiger partial charge in [-0.25, -0.2) is 0 Å². The van der Waals surface area contributed by atoms with Gasteiger partial charge >= 0.3 is 0 Å². The van der Waals surface area contributed by atoms with Crippen molar-refractivity contribution < 1.29 is 14.3 Å². The van der Waals surface area contributed by atoms with Crippen molar-refractivity contribution in [3.8, 4) is 5.75 Å². The molecule has 0 radical (unpaired) electrons. The largest absolute Gasteiger partial charge is 0.497 e. The lowest BCUT2D eigenvalue weighted by atomic mass is 10.1. The maximum absolute atomic E-state index is 13.5. The number of hydrogen-bond acceptors (Lipinski definition) is 4. The molecular weight excluding hydrogens is 398 g/mol. The summed E-state index contributed by atoms with van der Waals surface area (Å²) in [5.74, 6) is 0.980. The number of fused-ring (bicyclic) bond motifs is 1. The Hall–Kier alpha value is -2.80. The Morgan fingerprint density at radius 3 is 2.77 bits per heavy atom. The summed E-state index contributed by atoms with van der Waals surface area (Å²) in [7, 11) is 1.66. The summed E-state index contributed by atoms with van der Waals surface area (Å²) in [6.45, 7) is 6.21. The van der Waals surface area contributed by atoms with Crippen LogP contribution in [0.5, 0.6) is 5.75 Å². The average molecular weight is 426 g/mol. The first-order chi connectivity index (χ1) is 14.5. The Bertz CT molecular complexity index is 1070. The van der Waals surface area contributed by atoms with Gasteiger partial charge in [0, 0.05) is 44.0 Å². The molecule has 3 heterocycles. The Kier molecular flexibility index (Phi) is 5.81. The molecule has 0 spiro atoms. The fraction of sp³-hybridized carbons (Fsp3) is 0.391. The molecule has 0 bridgehead atoms. The summed E-state index contributed by atoms with van der Waals surface area (Å²) >= 11 is 1.64. The van der Waals surface area contributed by atoms with Gasteiger partial charge in [-0.2, -0.15) is 0 Å². The van der Waals surface area contributed by atoms with Crippen molar-refractivity contribution in [1.29, 1.82) is 0 Å². The third kappa shape index (κ3) is 3.81.